The zero-order valence-electron chi connectivity index (χ0n) is 32.4. The van der Waals surface area contributed by atoms with Gasteiger partial charge in [0, 0.05) is 0 Å². The van der Waals surface area contributed by atoms with Crippen molar-refractivity contribution in [2.75, 3.05) is 0 Å². The summed E-state index contributed by atoms with van der Waals surface area (Å²) in [6.07, 6.45) is 12.3. The van der Waals surface area contributed by atoms with E-state index in [1.54, 1.807) is 23.2 Å². The molecule has 0 amide bonds. The summed E-state index contributed by atoms with van der Waals surface area (Å²) in [5, 5.41) is 0. The van der Waals surface area contributed by atoms with Crippen LogP contribution in [0.4, 0.5) is 0 Å². The second-order valence-corrected chi connectivity index (χ2v) is 25.5. The molecule has 0 bridgehead atoms. The van der Waals surface area contributed by atoms with Gasteiger partial charge in [-0.3, -0.25) is 0 Å². The summed E-state index contributed by atoms with van der Waals surface area (Å²) in [5.41, 5.74) is 16.5. The summed E-state index contributed by atoms with van der Waals surface area (Å²) in [5.74, 6) is 0.519. The molecule has 0 aromatic heterocycles. The van der Waals surface area contributed by atoms with Gasteiger partial charge >= 0.3 is 313 Å². The first-order valence-electron chi connectivity index (χ1n) is 19.3. The molecule has 1 saturated carbocycles. The van der Waals surface area contributed by atoms with E-state index in [2.05, 4.69) is 166 Å². The molecule has 0 nitrogen and oxygen atoms in total. The fraction of sp³-hybridized carbons (Fsp3) is 0.408. The molecule has 0 aliphatic heterocycles. The van der Waals surface area contributed by atoms with Crippen LogP contribution in [0.25, 0.3) is 33.4 Å². The Kier molecular flexibility index (Phi) is 9.42. The summed E-state index contributed by atoms with van der Waals surface area (Å²) in [6.45, 7) is 24.4. The van der Waals surface area contributed by atoms with Crippen LogP contribution in [-0.4, -0.2) is 3.21 Å². The van der Waals surface area contributed by atoms with Gasteiger partial charge in [-0.1, -0.05) is 0 Å². The molecule has 1 fully saturated rings. The van der Waals surface area contributed by atoms with Gasteiger partial charge in [0.25, 0.3) is 0 Å². The van der Waals surface area contributed by atoms with Crippen molar-refractivity contribution in [3.8, 4) is 33.4 Å². The number of allylic oxidation sites excluding steroid dienone is 4. The molecule has 1 unspecified atom stereocenters. The first-order valence-corrected chi connectivity index (χ1v) is 23.1. The molecule has 4 aromatic rings. The molecule has 1 atom stereocenters. The quantitative estimate of drug-likeness (QED) is 0.191. The van der Waals surface area contributed by atoms with Gasteiger partial charge in [0.15, 0.2) is 0 Å². The average Bonchev–Trinajstić information content (AvgIpc) is 3.62. The van der Waals surface area contributed by atoms with Crippen LogP contribution in [-0.2, 0) is 32.1 Å². The number of fused-ring (bicyclic) bond motifs is 3. The molecule has 3 aliphatic rings. The second kappa shape index (κ2) is 13.3. The molecule has 50 heavy (non-hydrogen) atoms. The molecule has 0 spiro atoms. The molecule has 0 N–H and O–H groups in total. The van der Waals surface area contributed by atoms with Crippen LogP contribution in [0, 0.1) is 11.3 Å². The standard InChI is InChI=1S/C33H33.C13H19.C3H6.Zr/c1-32(2,3)30-20-26-24(18-28(30)22-13-9-7-10-14-22)17-25-19-29(23-15-11-8-12-16-23)31(21-27(25)26)33(4,5)6;1-11-6-7-12(10-11)13(2)8-4-3-5-9-13;1-3-2;/h7-21H,1-6H3;7,10-11H,3-5,8-9H2,1-2H3;1-2H3;. The topological polar surface area (TPSA) is 0 Å². The Morgan fingerprint density at radius 3 is 1.52 bits per heavy atom. The molecule has 0 heterocycles. The predicted molar refractivity (Wildman–Crippen MR) is 215 cm³/mol. The van der Waals surface area contributed by atoms with Crippen molar-refractivity contribution < 1.29 is 21.3 Å². The fourth-order valence-electron chi connectivity index (χ4n) is 9.38. The summed E-state index contributed by atoms with van der Waals surface area (Å²) in [4.78, 5) is 0. The Balaban J connectivity index is 1.52. The molecule has 4 aromatic carbocycles. The molecule has 0 saturated heterocycles. The van der Waals surface area contributed by atoms with Crippen LogP contribution in [0.2, 0.25) is 0 Å². The average molecular weight is 738 g/mol. The van der Waals surface area contributed by atoms with Gasteiger partial charge in [-0.25, -0.2) is 0 Å². The van der Waals surface area contributed by atoms with Gasteiger partial charge in [0.2, 0.25) is 0 Å². The summed E-state index contributed by atoms with van der Waals surface area (Å²) < 4.78 is 3.96. The minimum absolute atomic E-state index is 0.0143. The van der Waals surface area contributed by atoms with Gasteiger partial charge < -0.3 is 0 Å². The van der Waals surface area contributed by atoms with E-state index in [0.717, 1.165) is 0 Å². The van der Waals surface area contributed by atoms with Crippen LogP contribution >= 0.6 is 0 Å². The SMILES string of the molecule is C[C](C)=[Zr]([C]1=CC(C2(C)CCCCC2)=CC1C)[CH]1c2cc(-c3ccccc3)c(C(C)(C)C)cc2-c2cc(C(C)(C)C)c(-c3ccccc3)cc21. The molecular weight excluding hydrogens is 680 g/mol. The van der Waals surface area contributed by atoms with Crippen molar-refractivity contribution in [3.05, 3.63) is 128 Å². The van der Waals surface area contributed by atoms with Gasteiger partial charge in [-0.05, 0) is 0 Å². The maximum absolute atomic E-state index is 2.76. The van der Waals surface area contributed by atoms with E-state index in [-0.39, 0.29) is 10.8 Å². The number of hydrogen-bond acceptors (Lipinski definition) is 0. The minimum atomic E-state index is -2.52. The third kappa shape index (κ3) is 6.40. The van der Waals surface area contributed by atoms with Crippen molar-refractivity contribution in [3.63, 3.8) is 0 Å². The molecule has 1 heteroatoms. The summed E-state index contributed by atoms with van der Waals surface area (Å²) in [6, 6.07) is 33.0. The predicted octanol–water partition coefficient (Wildman–Crippen LogP) is 13.9. The first kappa shape index (κ1) is 35.5. The van der Waals surface area contributed by atoms with E-state index in [1.807, 2.05) is 0 Å². The Morgan fingerprint density at radius 2 is 1.10 bits per heavy atom. The van der Waals surface area contributed by atoms with Crippen molar-refractivity contribution in [2.45, 2.75) is 116 Å². The first-order chi connectivity index (χ1) is 23.7. The molecule has 3 aliphatic carbocycles. The third-order valence-corrected chi connectivity index (χ3v) is 20.7. The van der Waals surface area contributed by atoms with E-state index in [0.29, 0.717) is 15.0 Å². The zero-order chi connectivity index (χ0) is 35.6. The Hall–Kier alpha value is -2.89. The van der Waals surface area contributed by atoms with Crippen molar-refractivity contribution in [1.29, 1.82) is 0 Å². The van der Waals surface area contributed by atoms with Crippen molar-refractivity contribution in [1.82, 2.24) is 0 Å². The van der Waals surface area contributed by atoms with E-state index >= 15 is 0 Å². The van der Waals surface area contributed by atoms with Gasteiger partial charge in [0.1, 0.15) is 0 Å². The summed E-state index contributed by atoms with van der Waals surface area (Å²) in [7, 11) is 0. The third-order valence-electron chi connectivity index (χ3n) is 12.1. The maximum atomic E-state index is 2.76. The Bertz CT molecular complexity index is 1900. The van der Waals surface area contributed by atoms with Gasteiger partial charge in [-0.15, -0.1) is 0 Å². The number of benzene rings is 4. The van der Waals surface area contributed by atoms with E-state index in [9.17, 15) is 0 Å². The van der Waals surface area contributed by atoms with E-state index in [1.165, 1.54) is 76.6 Å². The van der Waals surface area contributed by atoms with Crippen LogP contribution < -0.4 is 0 Å². The van der Waals surface area contributed by atoms with Crippen LogP contribution in [0.5, 0.6) is 0 Å². The van der Waals surface area contributed by atoms with Crippen LogP contribution in [0.1, 0.15) is 127 Å². The summed E-state index contributed by atoms with van der Waals surface area (Å²) >= 11 is -2.52. The van der Waals surface area contributed by atoms with Gasteiger partial charge in [-0.2, -0.15) is 0 Å². The fourth-order valence-corrected chi connectivity index (χ4v) is 17.9. The number of hydrogen-bond donors (Lipinski definition) is 0. The van der Waals surface area contributed by atoms with E-state index < -0.39 is 21.3 Å². The monoisotopic (exact) mass is 736 g/mol. The van der Waals surface area contributed by atoms with Crippen LogP contribution in [0.15, 0.2) is 106 Å². The molecule has 0 radical (unpaired) electrons. The van der Waals surface area contributed by atoms with E-state index in [4.69, 9.17) is 0 Å². The second-order valence-electron chi connectivity index (χ2n) is 18.2. The zero-order valence-corrected chi connectivity index (χ0v) is 34.9. The molecule has 258 valence electrons. The van der Waals surface area contributed by atoms with Gasteiger partial charge in [0.05, 0.1) is 0 Å². The normalized spacial score (nSPS) is 18.7. The van der Waals surface area contributed by atoms with Crippen molar-refractivity contribution >= 4 is 3.21 Å². The Morgan fingerprint density at radius 1 is 0.640 bits per heavy atom. The Labute approximate surface area is 311 Å². The van der Waals surface area contributed by atoms with Crippen LogP contribution in [0.3, 0.4) is 0 Å². The number of rotatable bonds is 5. The molecular formula is C49H58Zr. The van der Waals surface area contributed by atoms with Crippen molar-refractivity contribution in [2.24, 2.45) is 11.3 Å². The molecule has 7 rings (SSSR count).